The molecule has 0 aromatic heterocycles. The van der Waals surface area contributed by atoms with Crippen LogP contribution in [0.3, 0.4) is 0 Å². The minimum atomic E-state index is -4.35. The fourth-order valence-electron chi connectivity index (χ4n) is 8.09. The number of phosphoric acid groups is 1. The fourth-order valence-corrected chi connectivity index (χ4v) is 8.83. The van der Waals surface area contributed by atoms with Crippen molar-refractivity contribution in [3.05, 3.63) is 60.8 Å². The monoisotopic (exact) mass is 962 g/mol. The van der Waals surface area contributed by atoms with Gasteiger partial charge in [0.2, 0.25) is 5.91 Å². The predicted octanol–water partition coefficient (Wildman–Crippen LogP) is 16.9. The number of allylic oxidation sites excluding steroid dienone is 9. The Kier molecular flexibility index (Phi) is 47.9. The van der Waals surface area contributed by atoms with Crippen molar-refractivity contribution < 1.29 is 32.9 Å². The summed E-state index contributed by atoms with van der Waals surface area (Å²) in [5.41, 5.74) is 0. The molecule has 0 fully saturated rings. The first-order valence-corrected chi connectivity index (χ1v) is 29.7. The molecule has 1 amide bonds. The number of carbonyl (C=O) groups is 1. The zero-order valence-electron chi connectivity index (χ0n) is 44.6. The Morgan fingerprint density at radius 2 is 0.896 bits per heavy atom. The fraction of sp³-hybridized carbons (Fsp3) is 0.810. The predicted molar refractivity (Wildman–Crippen MR) is 290 cm³/mol. The van der Waals surface area contributed by atoms with Crippen LogP contribution in [0.1, 0.15) is 251 Å². The second kappa shape index (κ2) is 49.2. The highest BCUT2D eigenvalue weighted by Crippen LogP contribution is 2.43. The lowest BCUT2D eigenvalue weighted by atomic mass is 10.0. The second-order valence-corrected chi connectivity index (χ2v) is 21.7. The van der Waals surface area contributed by atoms with Crippen LogP contribution in [0.15, 0.2) is 60.8 Å². The van der Waals surface area contributed by atoms with E-state index in [2.05, 4.69) is 67.8 Å². The number of aliphatic hydroxyl groups excluding tert-OH is 1. The first-order chi connectivity index (χ1) is 32.5. The molecular formula is C58H110N2O6P+. The minimum Gasteiger partial charge on any atom is -0.387 e. The van der Waals surface area contributed by atoms with Gasteiger partial charge in [-0.25, -0.2) is 4.57 Å². The molecule has 9 heteroatoms. The van der Waals surface area contributed by atoms with E-state index < -0.39 is 20.0 Å². The number of amides is 1. The van der Waals surface area contributed by atoms with Gasteiger partial charge in [-0.05, 0) is 57.8 Å². The average molecular weight is 962 g/mol. The van der Waals surface area contributed by atoms with E-state index in [9.17, 15) is 19.4 Å². The molecular weight excluding hydrogens is 852 g/mol. The molecule has 0 saturated heterocycles. The van der Waals surface area contributed by atoms with Gasteiger partial charge in [0.15, 0.2) is 0 Å². The van der Waals surface area contributed by atoms with Crippen LogP contribution in [0.5, 0.6) is 0 Å². The van der Waals surface area contributed by atoms with Crippen LogP contribution in [-0.4, -0.2) is 73.4 Å². The number of hydrogen-bond acceptors (Lipinski definition) is 5. The molecule has 67 heavy (non-hydrogen) atoms. The molecule has 3 N–H and O–H groups in total. The number of hydrogen-bond donors (Lipinski definition) is 3. The van der Waals surface area contributed by atoms with E-state index in [-0.39, 0.29) is 19.1 Å². The van der Waals surface area contributed by atoms with Gasteiger partial charge in [-0.3, -0.25) is 13.8 Å². The van der Waals surface area contributed by atoms with Crippen LogP contribution in [0.4, 0.5) is 0 Å². The van der Waals surface area contributed by atoms with E-state index in [4.69, 9.17) is 9.05 Å². The third kappa shape index (κ3) is 51.9. The smallest absolute Gasteiger partial charge is 0.387 e. The lowest BCUT2D eigenvalue weighted by Gasteiger charge is -2.25. The lowest BCUT2D eigenvalue weighted by molar-refractivity contribution is -0.870. The normalized spacial score (nSPS) is 14.4. The third-order valence-electron chi connectivity index (χ3n) is 12.5. The molecule has 0 spiro atoms. The first-order valence-electron chi connectivity index (χ1n) is 28.2. The van der Waals surface area contributed by atoms with Crippen LogP contribution in [0.2, 0.25) is 0 Å². The van der Waals surface area contributed by atoms with Crippen molar-refractivity contribution in [1.82, 2.24) is 5.32 Å². The Labute approximate surface area is 415 Å². The number of quaternary nitrogens is 1. The van der Waals surface area contributed by atoms with Crippen LogP contribution in [0.25, 0.3) is 0 Å². The number of aliphatic hydroxyl groups is 1. The van der Waals surface area contributed by atoms with Gasteiger partial charge < -0.3 is 19.8 Å². The van der Waals surface area contributed by atoms with E-state index >= 15 is 0 Å². The van der Waals surface area contributed by atoms with Crippen LogP contribution in [0, 0.1) is 0 Å². The van der Waals surface area contributed by atoms with Gasteiger partial charge >= 0.3 is 7.82 Å². The number of nitrogens with zero attached hydrogens (tertiary/aromatic N) is 1. The molecule has 0 aliphatic carbocycles. The molecule has 0 bridgehead atoms. The maximum absolute atomic E-state index is 13.0. The molecule has 0 aliphatic rings. The Bertz CT molecular complexity index is 1270. The van der Waals surface area contributed by atoms with Gasteiger partial charge in [0.1, 0.15) is 13.2 Å². The SMILES string of the molecule is CC/C=C\C/C=C\C/C=C\C/C=C\CCCCCCCCCCCCCCCCC(=O)NC(COP(=O)(O)OCC[N+](C)(C)C)C(O)/C=C/CCCCCCCCCCCCCCCCCC. The van der Waals surface area contributed by atoms with Gasteiger partial charge in [0, 0.05) is 6.42 Å². The standard InChI is InChI=1S/C58H109N2O6P/c1-6-8-10-12-14-16-18-20-22-24-26-27-28-29-30-31-32-33-34-36-38-40-42-44-46-48-50-52-58(62)59-56(55-66-67(63,64)65-54-53-60(3,4)5)57(61)51-49-47-45-43-41-39-37-35-25-23-21-19-17-15-13-11-9-7-2/h8,10,14,16,20,22,26-27,49,51,56-57,61H,6-7,9,11-13,15,17-19,21,23-25,28-48,50,52-55H2,1-5H3,(H-,59,62,63,64)/p+1/b10-8-,16-14-,22-20-,27-26-,51-49+. The molecule has 392 valence electrons. The third-order valence-corrected chi connectivity index (χ3v) is 13.5. The van der Waals surface area contributed by atoms with E-state index in [0.717, 1.165) is 64.2 Å². The largest absolute Gasteiger partial charge is 0.472 e. The van der Waals surface area contributed by atoms with E-state index in [1.165, 1.54) is 167 Å². The summed E-state index contributed by atoms with van der Waals surface area (Å²) in [7, 11) is 1.57. The summed E-state index contributed by atoms with van der Waals surface area (Å²) in [6.45, 7) is 4.72. The number of unbranched alkanes of at least 4 members (excludes halogenated alkanes) is 30. The number of nitrogens with one attached hydrogen (secondary N) is 1. The number of likely N-dealkylation sites (N-methyl/N-ethyl adjacent to an activating group) is 1. The summed E-state index contributed by atoms with van der Waals surface area (Å²) >= 11 is 0. The van der Waals surface area contributed by atoms with Crippen molar-refractivity contribution in [2.45, 2.75) is 264 Å². The lowest BCUT2D eigenvalue weighted by Crippen LogP contribution is -2.45. The Morgan fingerprint density at radius 3 is 1.31 bits per heavy atom. The quantitative estimate of drug-likeness (QED) is 0.0243. The Balaban J connectivity index is 4.19. The summed E-state index contributed by atoms with van der Waals surface area (Å²) in [6, 6.07) is -0.848. The van der Waals surface area contributed by atoms with Gasteiger partial charge in [0.05, 0.1) is 39.9 Å². The summed E-state index contributed by atoms with van der Waals surface area (Å²) in [5, 5.41) is 13.9. The summed E-state index contributed by atoms with van der Waals surface area (Å²) in [6.07, 6.45) is 65.9. The van der Waals surface area contributed by atoms with Crippen LogP contribution in [-0.2, 0) is 18.4 Å². The van der Waals surface area contributed by atoms with E-state index in [1.54, 1.807) is 6.08 Å². The summed E-state index contributed by atoms with van der Waals surface area (Å²) < 4.78 is 23.7. The second-order valence-electron chi connectivity index (χ2n) is 20.3. The van der Waals surface area contributed by atoms with Gasteiger partial charge in [-0.2, -0.15) is 0 Å². The van der Waals surface area contributed by atoms with Crippen molar-refractivity contribution in [2.75, 3.05) is 40.9 Å². The molecule has 3 unspecified atom stereocenters. The molecule has 0 radical (unpaired) electrons. The van der Waals surface area contributed by atoms with Crippen molar-refractivity contribution in [2.24, 2.45) is 0 Å². The van der Waals surface area contributed by atoms with Crippen molar-refractivity contribution in [1.29, 1.82) is 0 Å². The summed E-state index contributed by atoms with van der Waals surface area (Å²) in [4.78, 5) is 23.3. The molecule has 0 rings (SSSR count). The topological polar surface area (TPSA) is 105 Å². The van der Waals surface area contributed by atoms with E-state index in [0.29, 0.717) is 17.4 Å². The van der Waals surface area contributed by atoms with E-state index in [1.807, 2.05) is 27.2 Å². The number of carbonyl (C=O) groups excluding carboxylic acids is 1. The number of rotatable bonds is 51. The summed E-state index contributed by atoms with van der Waals surface area (Å²) in [5.74, 6) is -0.177. The van der Waals surface area contributed by atoms with Crippen molar-refractivity contribution in [3.63, 3.8) is 0 Å². The molecule has 0 aromatic rings. The average Bonchev–Trinajstić information content (AvgIpc) is 3.29. The highest BCUT2D eigenvalue weighted by molar-refractivity contribution is 7.47. The highest BCUT2D eigenvalue weighted by atomic mass is 31.2. The van der Waals surface area contributed by atoms with Gasteiger partial charge in [0.25, 0.3) is 0 Å². The zero-order chi connectivity index (χ0) is 49.2. The maximum Gasteiger partial charge on any atom is 0.472 e. The molecule has 8 nitrogen and oxygen atoms in total. The zero-order valence-corrected chi connectivity index (χ0v) is 45.5. The van der Waals surface area contributed by atoms with Crippen LogP contribution < -0.4 is 5.32 Å². The Morgan fingerprint density at radius 1 is 0.522 bits per heavy atom. The van der Waals surface area contributed by atoms with Gasteiger partial charge in [-0.15, -0.1) is 0 Å². The van der Waals surface area contributed by atoms with Gasteiger partial charge in [-0.1, -0.05) is 248 Å². The minimum absolute atomic E-state index is 0.0606. The van der Waals surface area contributed by atoms with Crippen molar-refractivity contribution in [3.8, 4) is 0 Å². The molecule has 3 atom stereocenters. The Hall–Kier alpha value is -1.80. The highest BCUT2D eigenvalue weighted by Gasteiger charge is 2.27. The first kappa shape index (κ1) is 65.2. The molecule has 0 heterocycles. The number of phosphoric ester groups is 1. The maximum atomic E-state index is 13.0. The van der Waals surface area contributed by atoms with Crippen LogP contribution >= 0.6 is 7.82 Å². The molecule has 0 saturated carbocycles. The molecule has 0 aliphatic heterocycles. The van der Waals surface area contributed by atoms with Crippen molar-refractivity contribution >= 4 is 13.7 Å². The molecule has 0 aromatic carbocycles.